The van der Waals surface area contributed by atoms with Gasteiger partial charge in [-0.3, -0.25) is 4.79 Å². The van der Waals surface area contributed by atoms with Gasteiger partial charge < -0.3 is 10.8 Å². The van der Waals surface area contributed by atoms with Crippen molar-refractivity contribution in [2.45, 2.75) is 26.8 Å². The second-order valence-electron chi connectivity index (χ2n) is 4.86. The molecule has 106 valence electrons. The molecular weight excluding hydrogens is 254 g/mol. The molecule has 0 bridgehead atoms. The standard InChI is InChI=1S/C15H19N3O2/c1-10-4-5-12(8-11(10)2)14-13(9-20)15(16)18(17-14)6-3-7-19/h4-5,8-9,19H,3,6-7,16H2,1-2H3. The monoisotopic (exact) mass is 273 g/mol. The van der Waals surface area contributed by atoms with Crippen LogP contribution in [0.2, 0.25) is 0 Å². The molecule has 1 heterocycles. The van der Waals surface area contributed by atoms with Gasteiger partial charge in [0.1, 0.15) is 11.5 Å². The Hall–Kier alpha value is -2.14. The number of rotatable bonds is 5. The first-order chi connectivity index (χ1) is 9.58. The molecule has 0 saturated carbocycles. The first-order valence-electron chi connectivity index (χ1n) is 6.58. The third-order valence-electron chi connectivity index (χ3n) is 3.46. The summed E-state index contributed by atoms with van der Waals surface area (Å²) in [5.41, 5.74) is 10.2. The van der Waals surface area contributed by atoms with Gasteiger partial charge >= 0.3 is 0 Å². The number of aliphatic hydroxyl groups excluding tert-OH is 1. The molecule has 0 aliphatic heterocycles. The van der Waals surface area contributed by atoms with Gasteiger partial charge in [-0.2, -0.15) is 5.10 Å². The largest absolute Gasteiger partial charge is 0.396 e. The number of nitrogen functional groups attached to an aromatic ring is 1. The molecule has 2 aromatic rings. The van der Waals surface area contributed by atoms with Crippen LogP contribution in [-0.4, -0.2) is 27.8 Å². The Balaban J connectivity index is 2.49. The van der Waals surface area contributed by atoms with Gasteiger partial charge in [0.2, 0.25) is 0 Å². The van der Waals surface area contributed by atoms with E-state index in [4.69, 9.17) is 10.8 Å². The van der Waals surface area contributed by atoms with Crippen LogP contribution in [0.4, 0.5) is 5.82 Å². The minimum atomic E-state index is 0.0642. The predicted molar refractivity (Wildman–Crippen MR) is 78.6 cm³/mol. The molecule has 0 radical (unpaired) electrons. The van der Waals surface area contributed by atoms with Gasteiger partial charge in [-0.05, 0) is 37.5 Å². The van der Waals surface area contributed by atoms with E-state index in [1.807, 2.05) is 32.0 Å². The summed E-state index contributed by atoms with van der Waals surface area (Å²) < 4.78 is 1.57. The summed E-state index contributed by atoms with van der Waals surface area (Å²) >= 11 is 0. The lowest BCUT2D eigenvalue weighted by Crippen LogP contribution is -2.06. The Kier molecular flexibility index (Phi) is 4.20. The highest BCUT2D eigenvalue weighted by atomic mass is 16.3. The summed E-state index contributed by atoms with van der Waals surface area (Å²) in [5.74, 6) is 0.349. The van der Waals surface area contributed by atoms with Crippen LogP contribution in [0.15, 0.2) is 18.2 Å². The van der Waals surface area contributed by atoms with E-state index in [1.54, 1.807) is 4.68 Å². The van der Waals surface area contributed by atoms with Crippen LogP contribution in [0.1, 0.15) is 27.9 Å². The van der Waals surface area contributed by atoms with Crippen molar-refractivity contribution in [1.29, 1.82) is 0 Å². The first-order valence-corrected chi connectivity index (χ1v) is 6.58. The Bertz CT molecular complexity index is 632. The fourth-order valence-corrected chi connectivity index (χ4v) is 2.10. The summed E-state index contributed by atoms with van der Waals surface area (Å²) in [6.45, 7) is 4.61. The van der Waals surface area contributed by atoms with E-state index in [-0.39, 0.29) is 6.61 Å². The van der Waals surface area contributed by atoms with E-state index in [0.29, 0.717) is 30.0 Å². The van der Waals surface area contributed by atoms with E-state index < -0.39 is 0 Å². The highest BCUT2D eigenvalue weighted by Crippen LogP contribution is 2.27. The molecular formula is C15H19N3O2. The number of benzene rings is 1. The number of aldehydes is 1. The van der Waals surface area contributed by atoms with Crippen molar-refractivity contribution >= 4 is 12.1 Å². The lowest BCUT2D eigenvalue weighted by molar-refractivity contribution is 0.112. The smallest absolute Gasteiger partial charge is 0.156 e. The van der Waals surface area contributed by atoms with E-state index in [0.717, 1.165) is 17.4 Å². The number of anilines is 1. The summed E-state index contributed by atoms with van der Waals surface area (Å²) in [6, 6.07) is 5.94. The predicted octanol–water partition coefficient (Wildman–Crippen LogP) is 1.94. The lowest BCUT2D eigenvalue weighted by Gasteiger charge is -2.03. The second kappa shape index (κ2) is 5.88. The Morgan fingerprint density at radius 1 is 1.35 bits per heavy atom. The molecule has 5 heteroatoms. The number of aromatic nitrogens is 2. The topological polar surface area (TPSA) is 81.1 Å². The molecule has 0 spiro atoms. The van der Waals surface area contributed by atoms with Crippen LogP contribution in [0.3, 0.4) is 0 Å². The number of nitrogens with zero attached hydrogens (tertiary/aromatic N) is 2. The molecule has 5 nitrogen and oxygen atoms in total. The van der Waals surface area contributed by atoms with Crippen molar-refractivity contribution in [3.63, 3.8) is 0 Å². The number of hydrogen-bond donors (Lipinski definition) is 2. The number of aliphatic hydroxyl groups is 1. The fourth-order valence-electron chi connectivity index (χ4n) is 2.10. The highest BCUT2D eigenvalue weighted by molar-refractivity contribution is 5.91. The van der Waals surface area contributed by atoms with E-state index >= 15 is 0 Å². The normalized spacial score (nSPS) is 10.8. The highest BCUT2D eigenvalue weighted by Gasteiger charge is 2.16. The Labute approximate surface area is 118 Å². The molecule has 0 aliphatic rings. The van der Waals surface area contributed by atoms with Gasteiger partial charge in [-0.1, -0.05) is 12.1 Å². The quantitative estimate of drug-likeness (QED) is 0.816. The maximum Gasteiger partial charge on any atom is 0.156 e. The van der Waals surface area contributed by atoms with Crippen LogP contribution >= 0.6 is 0 Å². The molecule has 20 heavy (non-hydrogen) atoms. The number of carbonyl (C=O) groups excluding carboxylic acids is 1. The van der Waals surface area contributed by atoms with Crippen molar-refractivity contribution in [2.75, 3.05) is 12.3 Å². The van der Waals surface area contributed by atoms with Crippen molar-refractivity contribution in [2.24, 2.45) is 0 Å². The number of nitrogens with two attached hydrogens (primary N) is 1. The molecule has 3 N–H and O–H groups in total. The van der Waals surface area contributed by atoms with Gasteiger partial charge in [-0.15, -0.1) is 0 Å². The van der Waals surface area contributed by atoms with Crippen molar-refractivity contribution < 1.29 is 9.90 Å². The van der Waals surface area contributed by atoms with Gasteiger partial charge in [0.25, 0.3) is 0 Å². The molecule has 1 aromatic carbocycles. The molecule has 2 rings (SSSR count). The average molecular weight is 273 g/mol. The summed E-state index contributed by atoms with van der Waals surface area (Å²) in [4.78, 5) is 11.3. The van der Waals surface area contributed by atoms with E-state index in [2.05, 4.69) is 5.10 Å². The Morgan fingerprint density at radius 3 is 2.70 bits per heavy atom. The third-order valence-corrected chi connectivity index (χ3v) is 3.46. The van der Waals surface area contributed by atoms with Crippen LogP contribution in [0.25, 0.3) is 11.3 Å². The summed E-state index contributed by atoms with van der Waals surface area (Å²) in [6.07, 6.45) is 1.29. The SMILES string of the molecule is Cc1ccc(-c2nn(CCCO)c(N)c2C=O)cc1C. The van der Waals surface area contributed by atoms with Crippen LogP contribution in [0.5, 0.6) is 0 Å². The summed E-state index contributed by atoms with van der Waals surface area (Å²) in [5, 5.41) is 13.3. The van der Waals surface area contributed by atoms with Crippen LogP contribution < -0.4 is 5.73 Å². The molecule has 0 fully saturated rings. The number of aryl methyl sites for hydroxylation is 3. The average Bonchev–Trinajstić information content (AvgIpc) is 2.76. The molecule has 1 aromatic heterocycles. The summed E-state index contributed by atoms with van der Waals surface area (Å²) in [7, 11) is 0. The molecule has 0 saturated heterocycles. The van der Waals surface area contributed by atoms with Crippen LogP contribution in [-0.2, 0) is 6.54 Å². The molecule has 0 amide bonds. The maximum atomic E-state index is 11.3. The zero-order valence-corrected chi connectivity index (χ0v) is 11.8. The second-order valence-corrected chi connectivity index (χ2v) is 4.86. The van der Waals surface area contributed by atoms with Gasteiger partial charge in [-0.25, -0.2) is 4.68 Å². The van der Waals surface area contributed by atoms with Crippen molar-refractivity contribution in [3.8, 4) is 11.3 Å². The van der Waals surface area contributed by atoms with E-state index in [9.17, 15) is 4.79 Å². The zero-order chi connectivity index (χ0) is 14.7. The number of carbonyl (C=O) groups is 1. The lowest BCUT2D eigenvalue weighted by atomic mass is 10.0. The molecule has 0 unspecified atom stereocenters. The van der Waals surface area contributed by atoms with Crippen molar-refractivity contribution in [1.82, 2.24) is 9.78 Å². The maximum absolute atomic E-state index is 11.3. The third kappa shape index (κ3) is 2.58. The minimum Gasteiger partial charge on any atom is -0.396 e. The Morgan fingerprint density at radius 2 is 2.10 bits per heavy atom. The van der Waals surface area contributed by atoms with Crippen LogP contribution in [0, 0.1) is 13.8 Å². The van der Waals surface area contributed by atoms with E-state index in [1.165, 1.54) is 5.56 Å². The fraction of sp³-hybridized carbons (Fsp3) is 0.333. The number of hydrogen-bond acceptors (Lipinski definition) is 4. The molecule has 0 aliphatic carbocycles. The molecule has 0 atom stereocenters. The van der Waals surface area contributed by atoms with Gasteiger partial charge in [0, 0.05) is 18.7 Å². The zero-order valence-electron chi connectivity index (χ0n) is 11.8. The minimum absolute atomic E-state index is 0.0642. The van der Waals surface area contributed by atoms with Gasteiger partial charge in [0.05, 0.1) is 5.56 Å². The van der Waals surface area contributed by atoms with Gasteiger partial charge in [0.15, 0.2) is 6.29 Å². The van der Waals surface area contributed by atoms with Crippen molar-refractivity contribution in [3.05, 3.63) is 34.9 Å². The first kappa shape index (κ1) is 14.3.